The summed E-state index contributed by atoms with van der Waals surface area (Å²) in [5.74, 6) is 1.83. The highest BCUT2D eigenvalue weighted by Gasteiger charge is 2.19. The molecule has 1 aliphatic heterocycles. The second kappa shape index (κ2) is 8.16. The van der Waals surface area contributed by atoms with Gasteiger partial charge in [0.15, 0.2) is 11.5 Å². The van der Waals surface area contributed by atoms with Gasteiger partial charge in [-0.25, -0.2) is 8.42 Å². The van der Waals surface area contributed by atoms with Crippen molar-refractivity contribution < 1.29 is 17.9 Å². The Morgan fingerprint density at radius 1 is 0.857 bits per heavy atom. The van der Waals surface area contributed by atoms with Crippen molar-refractivity contribution in [3.8, 4) is 11.5 Å². The number of sulfonamides is 1. The van der Waals surface area contributed by atoms with Crippen LogP contribution in [0.2, 0.25) is 0 Å². The number of nitrogens with one attached hydrogen (secondary N) is 1. The molecule has 0 amide bonds. The van der Waals surface area contributed by atoms with Crippen molar-refractivity contribution in [3.05, 3.63) is 78.4 Å². The smallest absolute Gasteiger partial charge is 0.262 e. The van der Waals surface area contributed by atoms with Crippen molar-refractivity contribution in [3.63, 3.8) is 0 Å². The Morgan fingerprint density at radius 3 is 2.32 bits per heavy atom. The summed E-state index contributed by atoms with van der Waals surface area (Å²) < 4.78 is 38.9. The fourth-order valence-corrected chi connectivity index (χ4v) is 4.71. The first-order valence-electron chi connectivity index (χ1n) is 8.79. The van der Waals surface area contributed by atoms with E-state index in [-0.39, 0.29) is 4.90 Å². The van der Waals surface area contributed by atoms with Crippen molar-refractivity contribution >= 4 is 27.5 Å². The Labute approximate surface area is 168 Å². The minimum absolute atomic E-state index is 0.139. The molecule has 28 heavy (non-hydrogen) atoms. The Kier molecular flexibility index (Phi) is 5.45. The van der Waals surface area contributed by atoms with Crippen LogP contribution in [0.5, 0.6) is 11.5 Å². The number of thioether (sulfide) groups is 1. The van der Waals surface area contributed by atoms with E-state index in [1.54, 1.807) is 30.0 Å². The average molecular weight is 414 g/mol. The molecule has 0 fully saturated rings. The number of hydrogen-bond donors (Lipinski definition) is 1. The molecule has 0 aromatic heterocycles. The molecule has 3 aromatic carbocycles. The summed E-state index contributed by atoms with van der Waals surface area (Å²) in [6.45, 7) is 0.874. The highest BCUT2D eigenvalue weighted by Crippen LogP contribution is 2.33. The molecule has 1 N–H and O–H groups in total. The summed E-state index contributed by atoms with van der Waals surface area (Å²) in [5.41, 5.74) is 1.64. The molecule has 0 spiro atoms. The number of benzene rings is 3. The van der Waals surface area contributed by atoms with Crippen LogP contribution in [0.3, 0.4) is 0 Å². The molecule has 0 atom stereocenters. The molecule has 3 aromatic rings. The predicted molar refractivity (Wildman–Crippen MR) is 111 cm³/mol. The number of anilines is 1. The van der Waals surface area contributed by atoms with Crippen LogP contribution in [-0.4, -0.2) is 21.6 Å². The minimum Gasteiger partial charge on any atom is -0.486 e. The van der Waals surface area contributed by atoms with Gasteiger partial charge in [-0.3, -0.25) is 4.72 Å². The average Bonchev–Trinajstić information content (AvgIpc) is 2.73. The number of fused-ring (bicyclic) bond motifs is 1. The summed E-state index contributed by atoms with van der Waals surface area (Å²) >= 11 is 1.74. The highest BCUT2D eigenvalue weighted by atomic mass is 32.2. The first kappa shape index (κ1) is 18.7. The third kappa shape index (κ3) is 4.43. The fraction of sp³-hybridized carbons (Fsp3) is 0.143. The number of ether oxygens (including phenoxy) is 2. The molecule has 1 heterocycles. The summed E-state index contributed by atoms with van der Waals surface area (Å²) in [4.78, 5) is 1.34. The molecule has 0 radical (unpaired) electrons. The minimum atomic E-state index is -3.71. The van der Waals surface area contributed by atoms with Gasteiger partial charge in [0.2, 0.25) is 0 Å². The molecule has 1 aliphatic rings. The zero-order valence-corrected chi connectivity index (χ0v) is 16.6. The molecule has 5 nitrogen and oxygen atoms in total. The third-order valence-corrected chi connectivity index (χ3v) is 6.64. The highest BCUT2D eigenvalue weighted by molar-refractivity contribution is 7.98. The molecular weight excluding hydrogens is 394 g/mol. The maximum absolute atomic E-state index is 12.7. The van der Waals surface area contributed by atoms with Gasteiger partial charge in [0, 0.05) is 22.4 Å². The molecule has 0 bridgehead atoms. The lowest BCUT2D eigenvalue weighted by molar-refractivity contribution is 0.171. The van der Waals surface area contributed by atoms with Gasteiger partial charge in [-0.1, -0.05) is 30.3 Å². The zero-order valence-electron chi connectivity index (χ0n) is 15.0. The largest absolute Gasteiger partial charge is 0.486 e. The maximum Gasteiger partial charge on any atom is 0.262 e. The quantitative estimate of drug-likeness (QED) is 0.601. The molecule has 0 unspecified atom stereocenters. The normalized spacial score (nSPS) is 13.1. The Hall–Kier alpha value is -2.64. The monoisotopic (exact) mass is 413 g/mol. The van der Waals surface area contributed by atoms with Crippen LogP contribution in [0.4, 0.5) is 5.69 Å². The van der Waals surface area contributed by atoms with Crippen LogP contribution in [0.1, 0.15) is 5.56 Å². The van der Waals surface area contributed by atoms with Crippen LogP contribution in [-0.2, 0) is 15.8 Å². The molecule has 0 saturated carbocycles. The number of rotatable bonds is 6. The third-order valence-electron chi connectivity index (χ3n) is 4.18. The lowest BCUT2D eigenvalue weighted by Gasteiger charge is -2.19. The second-order valence-electron chi connectivity index (χ2n) is 6.21. The van der Waals surface area contributed by atoms with Gasteiger partial charge in [-0.05, 0) is 42.0 Å². The van der Waals surface area contributed by atoms with E-state index < -0.39 is 10.0 Å². The topological polar surface area (TPSA) is 64.6 Å². The van der Waals surface area contributed by atoms with E-state index in [9.17, 15) is 8.42 Å². The Morgan fingerprint density at radius 2 is 1.57 bits per heavy atom. The van der Waals surface area contributed by atoms with Gasteiger partial charge >= 0.3 is 0 Å². The van der Waals surface area contributed by atoms with E-state index in [0.29, 0.717) is 30.4 Å². The summed E-state index contributed by atoms with van der Waals surface area (Å²) in [5, 5.41) is 0. The summed E-state index contributed by atoms with van der Waals surface area (Å²) in [6, 6.07) is 22.2. The standard InChI is InChI=1S/C21H19NO4S2/c23-28(24,19-10-11-20-21(14-19)26-13-12-25-20)22-17-8-6-16(7-9-17)15-27-18-4-2-1-3-5-18/h1-11,14,22H,12-13,15H2. The van der Waals surface area contributed by atoms with Crippen molar-refractivity contribution in [1.82, 2.24) is 0 Å². The van der Waals surface area contributed by atoms with Gasteiger partial charge in [0.05, 0.1) is 4.90 Å². The molecule has 144 valence electrons. The predicted octanol–water partition coefficient (Wildman–Crippen LogP) is 4.55. The van der Waals surface area contributed by atoms with Crippen LogP contribution in [0.25, 0.3) is 0 Å². The SMILES string of the molecule is O=S(=O)(Nc1ccc(CSc2ccccc2)cc1)c1ccc2c(c1)OCCO2. The summed E-state index contributed by atoms with van der Waals surface area (Å²) in [7, 11) is -3.71. The van der Waals surface area contributed by atoms with E-state index in [0.717, 1.165) is 11.3 Å². The molecular formula is C21H19NO4S2. The van der Waals surface area contributed by atoms with Crippen LogP contribution < -0.4 is 14.2 Å². The van der Waals surface area contributed by atoms with Crippen molar-refractivity contribution in [2.24, 2.45) is 0 Å². The Balaban J connectivity index is 1.43. The molecule has 7 heteroatoms. The first-order valence-corrected chi connectivity index (χ1v) is 11.3. The lowest BCUT2D eigenvalue weighted by atomic mass is 10.2. The van der Waals surface area contributed by atoms with Crippen LogP contribution in [0, 0.1) is 0 Å². The van der Waals surface area contributed by atoms with Gasteiger partial charge < -0.3 is 9.47 Å². The first-order chi connectivity index (χ1) is 13.6. The number of hydrogen-bond acceptors (Lipinski definition) is 5. The van der Waals surface area contributed by atoms with Gasteiger partial charge in [-0.2, -0.15) is 0 Å². The van der Waals surface area contributed by atoms with Crippen molar-refractivity contribution in [2.75, 3.05) is 17.9 Å². The van der Waals surface area contributed by atoms with E-state index in [1.807, 2.05) is 30.3 Å². The van der Waals surface area contributed by atoms with Gasteiger partial charge in [0.1, 0.15) is 13.2 Å². The lowest BCUT2D eigenvalue weighted by Crippen LogP contribution is -2.17. The molecule has 4 rings (SSSR count). The van der Waals surface area contributed by atoms with E-state index in [2.05, 4.69) is 16.9 Å². The van der Waals surface area contributed by atoms with Crippen molar-refractivity contribution in [1.29, 1.82) is 0 Å². The molecule has 0 saturated heterocycles. The van der Waals surface area contributed by atoms with Gasteiger partial charge in [0.25, 0.3) is 10.0 Å². The van der Waals surface area contributed by atoms with Crippen LogP contribution >= 0.6 is 11.8 Å². The van der Waals surface area contributed by atoms with E-state index in [1.165, 1.54) is 17.0 Å². The molecule has 0 aliphatic carbocycles. The second-order valence-corrected chi connectivity index (χ2v) is 8.94. The van der Waals surface area contributed by atoms with Crippen molar-refractivity contribution in [2.45, 2.75) is 15.5 Å². The summed E-state index contributed by atoms with van der Waals surface area (Å²) in [6.07, 6.45) is 0. The van der Waals surface area contributed by atoms with Gasteiger partial charge in [-0.15, -0.1) is 11.8 Å². The van der Waals surface area contributed by atoms with Crippen LogP contribution in [0.15, 0.2) is 82.6 Å². The van der Waals surface area contributed by atoms with E-state index in [4.69, 9.17) is 9.47 Å². The Bertz CT molecular complexity index is 1050. The zero-order chi connectivity index (χ0) is 19.4. The van der Waals surface area contributed by atoms with E-state index >= 15 is 0 Å². The maximum atomic E-state index is 12.7. The fourth-order valence-electron chi connectivity index (χ4n) is 2.76.